The molecule has 3 aromatic rings. The van der Waals surface area contributed by atoms with E-state index in [9.17, 15) is 4.79 Å². The van der Waals surface area contributed by atoms with Gasteiger partial charge >= 0.3 is 0 Å². The number of aryl methyl sites for hydroxylation is 3. The van der Waals surface area contributed by atoms with Crippen molar-refractivity contribution in [1.29, 1.82) is 0 Å². The minimum Gasteiger partial charge on any atom is -0.445 e. The maximum Gasteiger partial charge on any atom is 0.273 e. The second kappa shape index (κ2) is 5.01. The van der Waals surface area contributed by atoms with Crippen LogP contribution < -0.4 is 5.32 Å². The molecule has 0 aliphatic heterocycles. The van der Waals surface area contributed by atoms with Gasteiger partial charge in [-0.3, -0.25) is 9.20 Å². The van der Waals surface area contributed by atoms with Crippen molar-refractivity contribution >= 4 is 11.6 Å². The van der Waals surface area contributed by atoms with E-state index in [-0.39, 0.29) is 12.5 Å². The third-order valence-corrected chi connectivity index (χ3v) is 3.15. The van der Waals surface area contributed by atoms with Crippen LogP contribution in [0.4, 0.5) is 0 Å². The van der Waals surface area contributed by atoms with Crippen LogP contribution in [-0.4, -0.2) is 25.5 Å². The van der Waals surface area contributed by atoms with Crippen LogP contribution in [0.5, 0.6) is 0 Å². The van der Waals surface area contributed by atoms with Crippen molar-refractivity contribution < 1.29 is 9.21 Å². The van der Waals surface area contributed by atoms with E-state index in [0.717, 1.165) is 11.2 Å². The van der Waals surface area contributed by atoms with Gasteiger partial charge in [0.15, 0.2) is 23.1 Å². The Morgan fingerprint density at radius 1 is 1.29 bits per heavy atom. The van der Waals surface area contributed by atoms with Gasteiger partial charge in [-0.05, 0) is 25.5 Å². The summed E-state index contributed by atoms with van der Waals surface area (Å²) in [6.45, 7) is 5.68. The molecule has 0 atom stereocenters. The molecule has 0 radical (unpaired) electrons. The molecule has 0 fully saturated rings. The second-order valence-corrected chi connectivity index (χ2v) is 4.87. The second-order valence-electron chi connectivity index (χ2n) is 4.87. The summed E-state index contributed by atoms with van der Waals surface area (Å²) in [4.78, 5) is 16.2. The minimum absolute atomic E-state index is 0.273. The summed E-state index contributed by atoms with van der Waals surface area (Å²) >= 11 is 0. The van der Waals surface area contributed by atoms with Crippen LogP contribution in [0.15, 0.2) is 22.7 Å². The van der Waals surface area contributed by atoms with Crippen LogP contribution in [0.2, 0.25) is 0 Å². The van der Waals surface area contributed by atoms with Crippen molar-refractivity contribution in [1.82, 2.24) is 24.9 Å². The van der Waals surface area contributed by atoms with Crippen molar-refractivity contribution in [3.8, 4) is 0 Å². The molecule has 1 N–H and O–H groups in total. The van der Waals surface area contributed by atoms with E-state index >= 15 is 0 Å². The number of fused-ring (bicyclic) bond motifs is 1. The van der Waals surface area contributed by atoms with Gasteiger partial charge in [-0.1, -0.05) is 6.07 Å². The molecule has 0 unspecified atom stereocenters. The molecule has 0 saturated carbocycles. The quantitative estimate of drug-likeness (QED) is 0.789. The highest BCUT2D eigenvalue weighted by Crippen LogP contribution is 2.09. The zero-order valence-corrected chi connectivity index (χ0v) is 12.0. The Balaban J connectivity index is 1.79. The number of amides is 1. The summed E-state index contributed by atoms with van der Waals surface area (Å²) in [6.07, 6.45) is 1.93. The number of pyridine rings is 1. The first-order chi connectivity index (χ1) is 10.0. The van der Waals surface area contributed by atoms with Crippen LogP contribution in [0.1, 0.15) is 33.5 Å². The van der Waals surface area contributed by atoms with Crippen molar-refractivity contribution in [2.75, 3.05) is 0 Å². The van der Waals surface area contributed by atoms with Crippen molar-refractivity contribution in [3.63, 3.8) is 0 Å². The average Bonchev–Trinajstić information content (AvgIpc) is 2.99. The van der Waals surface area contributed by atoms with Crippen molar-refractivity contribution in [2.45, 2.75) is 27.3 Å². The SMILES string of the molecule is Cc1ccc2nnc(CNC(=O)c3nc(C)oc3C)n2c1. The van der Waals surface area contributed by atoms with Crippen LogP contribution in [0.25, 0.3) is 5.65 Å². The van der Waals surface area contributed by atoms with E-state index in [1.165, 1.54) is 0 Å². The van der Waals surface area contributed by atoms with E-state index in [1.54, 1.807) is 13.8 Å². The molecule has 0 aliphatic rings. The first kappa shape index (κ1) is 13.3. The Kier molecular flexibility index (Phi) is 3.17. The number of oxazole rings is 1. The molecule has 0 aliphatic carbocycles. The number of nitrogens with zero attached hydrogens (tertiary/aromatic N) is 4. The lowest BCUT2D eigenvalue weighted by atomic mass is 10.3. The maximum atomic E-state index is 12.1. The lowest BCUT2D eigenvalue weighted by molar-refractivity contribution is 0.0944. The molecule has 0 saturated heterocycles. The van der Waals surface area contributed by atoms with E-state index in [1.807, 2.05) is 29.7 Å². The fourth-order valence-electron chi connectivity index (χ4n) is 2.15. The van der Waals surface area contributed by atoms with Crippen LogP contribution in [0.3, 0.4) is 0 Å². The Morgan fingerprint density at radius 3 is 2.81 bits per heavy atom. The summed E-state index contributed by atoms with van der Waals surface area (Å²) in [7, 11) is 0. The molecular formula is C14H15N5O2. The lowest BCUT2D eigenvalue weighted by Crippen LogP contribution is -2.25. The van der Waals surface area contributed by atoms with Gasteiger partial charge in [-0.25, -0.2) is 4.98 Å². The third-order valence-electron chi connectivity index (χ3n) is 3.15. The molecule has 7 nitrogen and oxygen atoms in total. The molecule has 3 heterocycles. The van der Waals surface area contributed by atoms with Crippen LogP contribution >= 0.6 is 0 Å². The molecule has 0 aromatic carbocycles. The van der Waals surface area contributed by atoms with Crippen molar-refractivity contribution in [3.05, 3.63) is 47.1 Å². The standard InChI is InChI=1S/C14H15N5O2/c1-8-4-5-11-17-18-12(19(11)7-8)6-15-14(20)13-9(2)21-10(3)16-13/h4-5,7H,6H2,1-3H3,(H,15,20). The minimum atomic E-state index is -0.284. The Bertz CT molecular complexity index is 818. The molecule has 21 heavy (non-hydrogen) atoms. The van der Waals surface area contributed by atoms with Gasteiger partial charge in [-0.2, -0.15) is 0 Å². The largest absolute Gasteiger partial charge is 0.445 e. The lowest BCUT2D eigenvalue weighted by Gasteiger charge is -2.03. The van der Waals surface area contributed by atoms with Gasteiger partial charge in [0.2, 0.25) is 0 Å². The third kappa shape index (κ3) is 2.49. The number of carbonyl (C=O) groups is 1. The maximum absolute atomic E-state index is 12.1. The first-order valence-corrected chi connectivity index (χ1v) is 6.57. The van der Waals surface area contributed by atoms with E-state index in [4.69, 9.17) is 4.42 Å². The zero-order chi connectivity index (χ0) is 15.0. The molecule has 3 aromatic heterocycles. The summed E-state index contributed by atoms with van der Waals surface area (Å²) in [5, 5.41) is 10.9. The normalized spacial score (nSPS) is 11.0. The monoisotopic (exact) mass is 285 g/mol. The fraction of sp³-hybridized carbons (Fsp3) is 0.286. The van der Waals surface area contributed by atoms with Gasteiger partial charge in [0.25, 0.3) is 5.91 Å². The summed E-state index contributed by atoms with van der Waals surface area (Å²) in [5.41, 5.74) is 2.15. The smallest absolute Gasteiger partial charge is 0.273 e. The van der Waals surface area contributed by atoms with Gasteiger partial charge in [0.1, 0.15) is 5.76 Å². The Morgan fingerprint density at radius 2 is 2.10 bits per heavy atom. The van der Waals surface area contributed by atoms with E-state index < -0.39 is 0 Å². The number of hydrogen-bond donors (Lipinski definition) is 1. The topological polar surface area (TPSA) is 85.3 Å². The molecule has 1 amide bonds. The molecule has 0 spiro atoms. The van der Waals surface area contributed by atoms with E-state index in [2.05, 4.69) is 20.5 Å². The summed E-state index contributed by atoms with van der Waals surface area (Å²) < 4.78 is 7.11. The highest BCUT2D eigenvalue weighted by atomic mass is 16.4. The Labute approximate surface area is 121 Å². The van der Waals surface area contributed by atoms with E-state index in [0.29, 0.717) is 23.2 Å². The fourth-order valence-corrected chi connectivity index (χ4v) is 2.15. The molecule has 0 bridgehead atoms. The number of hydrogen-bond acceptors (Lipinski definition) is 5. The predicted molar refractivity (Wildman–Crippen MR) is 74.9 cm³/mol. The summed E-state index contributed by atoms with van der Waals surface area (Å²) in [5.74, 6) is 1.36. The van der Waals surface area contributed by atoms with Crippen LogP contribution in [-0.2, 0) is 6.54 Å². The van der Waals surface area contributed by atoms with Crippen molar-refractivity contribution in [2.24, 2.45) is 0 Å². The number of carbonyl (C=O) groups excluding carboxylic acids is 1. The van der Waals surface area contributed by atoms with Gasteiger partial charge in [0.05, 0.1) is 6.54 Å². The number of nitrogens with one attached hydrogen (secondary N) is 1. The van der Waals surface area contributed by atoms with Gasteiger partial charge in [-0.15, -0.1) is 10.2 Å². The zero-order valence-electron chi connectivity index (χ0n) is 12.0. The van der Waals surface area contributed by atoms with Gasteiger partial charge < -0.3 is 9.73 Å². The molecule has 3 rings (SSSR count). The highest BCUT2D eigenvalue weighted by Gasteiger charge is 2.16. The number of aromatic nitrogens is 4. The predicted octanol–water partition coefficient (Wildman–Crippen LogP) is 1.57. The molecular weight excluding hydrogens is 270 g/mol. The highest BCUT2D eigenvalue weighted by molar-refractivity contribution is 5.93. The Hall–Kier alpha value is -2.70. The molecule has 7 heteroatoms. The van der Waals surface area contributed by atoms with Crippen LogP contribution in [0, 0.1) is 20.8 Å². The summed E-state index contributed by atoms with van der Waals surface area (Å²) in [6, 6.07) is 3.85. The van der Waals surface area contributed by atoms with Gasteiger partial charge in [0, 0.05) is 13.1 Å². The number of rotatable bonds is 3. The molecule has 108 valence electrons. The average molecular weight is 285 g/mol. The first-order valence-electron chi connectivity index (χ1n) is 6.57.